The van der Waals surface area contributed by atoms with Gasteiger partial charge in [-0.15, -0.1) is 0 Å². The van der Waals surface area contributed by atoms with Crippen LogP contribution in [0.5, 0.6) is 0 Å². The highest BCUT2D eigenvalue weighted by Gasteiger charge is 2.14. The largest absolute Gasteiger partial charge is 0.355 e. The lowest BCUT2D eigenvalue weighted by Gasteiger charge is -2.07. The predicted octanol–water partition coefficient (Wildman–Crippen LogP) is 7.57. The Morgan fingerprint density at radius 3 is 2.40 bits per heavy atom. The summed E-state index contributed by atoms with van der Waals surface area (Å²) in [6.45, 7) is 3.56. The number of unbranched alkanes of at least 4 members (excludes halogenated alkanes) is 4. The van der Waals surface area contributed by atoms with Crippen LogP contribution in [0.1, 0.15) is 74.7 Å². The zero-order valence-electron chi connectivity index (χ0n) is 20.5. The number of carbonyl (C=O) groups excluding carboxylic acids is 2. The molecule has 0 radical (unpaired) electrons. The van der Waals surface area contributed by atoms with Crippen LogP contribution >= 0.6 is 0 Å². The van der Waals surface area contributed by atoms with Gasteiger partial charge in [-0.1, -0.05) is 74.2 Å². The summed E-state index contributed by atoms with van der Waals surface area (Å²) < 4.78 is 0. The van der Waals surface area contributed by atoms with E-state index in [0.717, 1.165) is 58.8 Å². The highest BCUT2D eigenvalue weighted by Crippen LogP contribution is 2.29. The molecule has 0 fully saturated rings. The molecule has 5 nitrogen and oxygen atoms in total. The SMILES string of the molecule is CCCCCCC/C(=N\OC(C)=O)c1ccc2[nH]c3ccc(C(=O)C4=CC=CCC=C4)cc3c2c1. The summed E-state index contributed by atoms with van der Waals surface area (Å²) in [7, 11) is 0. The Hall–Kier alpha value is -3.73. The van der Waals surface area contributed by atoms with Crippen molar-refractivity contribution in [2.24, 2.45) is 5.16 Å². The first-order valence-electron chi connectivity index (χ1n) is 12.4. The van der Waals surface area contributed by atoms with E-state index in [4.69, 9.17) is 4.84 Å². The number of oxime groups is 1. The molecule has 1 N–H and O–H groups in total. The standard InChI is InChI=1S/C30H32N2O3/c1-3-4-5-6-11-14-27(32-35-21(2)33)23-15-17-28-25(19-23)26-20-24(16-18-29(26)31-28)30(34)22-12-9-7-8-10-13-22/h7,9-10,12-13,15-20,31H,3-6,8,11,14H2,1-2H3/b32-27+. The van der Waals surface area contributed by atoms with Gasteiger partial charge in [0.25, 0.3) is 0 Å². The van der Waals surface area contributed by atoms with Crippen molar-refractivity contribution in [3.8, 4) is 0 Å². The first-order chi connectivity index (χ1) is 17.1. The number of nitrogens with zero attached hydrogens (tertiary/aromatic N) is 1. The van der Waals surface area contributed by atoms with E-state index in [1.54, 1.807) is 0 Å². The number of Topliss-reactive ketones (excluding diaryl/α,β-unsaturated/α-hetero) is 1. The molecule has 0 bridgehead atoms. The maximum atomic E-state index is 13.1. The molecule has 0 saturated heterocycles. The van der Waals surface area contributed by atoms with Crippen LogP contribution in [0.15, 0.2) is 77.5 Å². The van der Waals surface area contributed by atoms with Crippen LogP contribution in [-0.4, -0.2) is 22.4 Å². The minimum atomic E-state index is -0.429. The van der Waals surface area contributed by atoms with Crippen LogP contribution in [0.25, 0.3) is 21.8 Å². The monoisotopic (exact) mass is 468 g/mol. The first kappa shape index (κ1) is 24.4. The third-order valence-electron chi connectivity index (χ3n) is 6.24. The number of rotatable bonds is 10. The number of allylic oxidation sites excluding steroid dienone is 6. The average Bonchev–Trinajstić information content (AvgIpc) is 3.02. The number of hydrogen-bond acceptors (Lipinski definition) is 4. The molecule has 0 amide bonds. The zero-order valence-corrected chi connectivity index (χ0v) is 20.5. The van der Waals surface area contributed by atoms with Gasteiger partial charge in [-0.3, -0.25) is 4.79 Å². The van der Waals surface area contributed by atoms with E-state index in [0.29, 0.717) is 11.1 Å². The van der Waals surface area contributed by atoms with Crippen molar-refractivity contribution in [3.05, 3.63) is 83.5 Å². The van der Waals surface area contributed by atoms with Crippen LogP contribution in [0.2, 0.25) is 0 Å². The minimum absolute atomic E-state index is 0.00407. The number of benzene rings is 2. The smallest absolute Gasteiger partial charge is 0.331 e. The van der Waals surface area contributed by atoms with Crippen LogP contribution < -0.4 is 0 Å². The Kier molecular flexibility index (Phi) is 8.09. The second-order valence-corrected chi connectivity index (χ2v) is 8.95. The van der Waals surface area contributed by atoms with Gasteiger partial charge in [0.05, 0.1) is 5.71 Å². The molecule has 0 atom stereocenters. The molecule has 1 aromatic heterocycles. The normalized spacial score (nSPS) is 13.8. The second-order valence-electron chi connectivity index (χ2n) is 8.95. The quantitative estimate of drug-likeness (QED) is 0.110. The Labute approximate surface area is 206 Å². The van der Waals surface area contributed by atoms with Gasteiger partial charge < -0.3 is 9.82 Å². The summed E-state index contributed by atoms with van der Waals surface area (Å²) in [5.41, 5.74) is 4.97. The lowest BCUT2D eigenvalue weighted by molar-refractivity contribution is -0.140. The first-order valence-corrected chi connectivity index (χ1v) is 12.4. The number of carbonyl (C=O) groups is 2. The van der Waals surface area contributed by atoms with Crippen molar-refractivity contribution in [1.29, 1.82) is 0 Å². The van der Waals surface area contributed by atoms with Crippen molar-refractivity contribution >= 4 is 39.3 Å². The molecular formula is C30H32N2O3. The van der Waals surface area contributed by atoms with Gasteiger partial charge in [-0.2, -0.15) is 0 Å². The summed E-state index contributed by atoms with van der Waals surface area (Å²) in [6.07, 6.45) is 17.0. The molecule has 3 aromatic rings. The topological polar surface area (TPSA) is 71.5 Å². The van der Waals surface area contributed by atoms with E-state index in [9.17, 15) is 9.59 Å². The van der Waals surface area contributed by atoms with Crippen LogP contribution in [0.4, 0.5) is 0 Å². The maximum absolute atomic E-state index is 13.1. The maximum Gasteiger partial charge on any atom is 0.331 e. The van der Waals surface area contributed by atoms with Gasteiger partial charge >= 0.3 is 5.97 Å². The van der Waals surface area contributed by atoms with E-state index in [-0.39, 0.29) is 5.78 Å². The van der Waals surface area contributed by atoms with Gasteiger partial charge in [-0.05, 0) is 49.6 Å². The molecular weight excluding hydrogens is 436 g/mol. The van der Waals surface area contributed by atoms with Gasteiger partial charge in [0.2, 0.25) is 0 Å². The Bertz CT molecular complexity index is 1350. The van der Waals surface area contributed by atoms with Crippen molar-refractivity contribution in [3.63, 3.8) is 0 Å². The number of aromatic amines is 1. The molecule has 0 saturated carbocycles. The summed E-state index contributed by atoms with van der Waals surface area (Å²) in [5, 5.41) is 6.18. The molecule has 4 rings (SSSR count). The van der Waals surface area contributed by atoms with Gasteiger partial charge in [-0.25, -0.2) is 4.79 Å². The van der Waals surface area contributed by atoms with E-state index in [1.807, 2.05) is 60.7 Å². The highest BCUT2D eigenvalue weighted by atomic mass is 16.7. The summed E-state index contributed by atoms with van der Waals surface area (Å²) in [4.78, 5) is 33.0. The third kappa shape index (κ3) is 6.04. The summed E-state index contributed by atoms with van der Waals surface area (Å²) >= 11 is 0. The second kappa shape index (κ2) is 11.6. The number of H-pyrrole nitrogens is 1. The van der Waals surface area contributed by atoms with E-state index < -0.39 is 5.97 Å². The molecule has 0 unspecified atom stereocenters. The Morgan fingerprint density at radius 1 is 0.943 bits per heavy atom. The van der Waals surface area contributed by atoms with Crippen molar-refractivity contribution in [2.45, 2.75) is 58.8 Å². The third-order valence-corrected chi connectivity index (χ3v) is 6.24. The van der Waals surface area contributed by atoms with Gasteiger partial charge in [0, 0.05) is 45.4 Å². The predicted molar refractivity (Wildman–Crippen MR) is 143 cm³/mol. The number of nitrogens with one attached hydrogen (secondary N) is 1. The fraction of sp³-hybridized carbons (Fsp3) is 0.300. The molecule has 35 heavy (non-hydrogen) atoms. The van der Waals surface area contributed by atoms with Crippen molar-refractivity contribution < 1.29 is 14.4 Å². The molecule has 2 aromatic carbocycles. The Balaban J connectivity index is 1.67. The number of hydrogen-bond donors (Lipinski definition) is 1. The zero-order chi connectivity index (χ0) is 24.6. The lowest BCUT2D eigenvalue weighted by Crippen LogP contribution is -2.04. The highest BCUT2D eigenvalue weighted by molar-refractivity contribution is 6.16. The Morgan fingerprint density at radius 2 is 1.66 bits per heavy atom. The van der Waals surface area contributed by atoms with E-state index in [1.165, 1.54) is 26.2 Å². The number of aromatic nitrogens is 1. The molecule has 5 heteroatoms. The van der Waals surface area contributed by atoms with Crippen molar-refractivity contribution in [2.75, 3.05) is 0 Å². The van der Waals surface area contributed by atoms with Crippen LogP contribution in [0, 0.1) is 0 Å². The summed E-state index contributed by atoms with van der Waals surface area (Å²) in [5.74, 6) is -0.425. The van der Waals surface area contributed by atoms with E-state index in [2.05, 4.69) is 23.1 Å². The fourth-order valence-electron chi connectivity index (χ4n) is 4.37. The molecule has 1 aliphatic rings. The van der Waals surface area contributed by atoms with Gasteiger partial charge in [0.1, 0.15) is 0 Å². The molecule has 180 valence electrons. The number of fused-ring (bicyclic) bond motifs is 3. The minimum Gasteiger partial charge on any atom is -0.355 e. The summed E-state index contributed by atoms with van der Waals surface area (Å²) in [6, 6.07) is 11.9. The van der Waals surface area contributed by atoms with Gasteiger partial charge in [0.15, 0.2) is 5.78 Å². The number of ketones is 1. The molecule has 1 heterocycles. The average molecular weight is 469 g/mol. The fourth-order valence-corrected chi connectivity index (χ4v) is 4.37. The van der Waals surface area contributed by atoms with Crippen LogP contribution in [-0.2, 0) is 9.63 Å². The van der Waals surface area contributed by atoms with Crippen LogP contribution in [0.3, 0.4) is 0 Å². The lowest BCUT2D eigenvalue weighted by atomic mass is 9.98. The molecule has 0 aliphatic heterocycles. The van der Waals surface area contributed by atoms with Crippen molar-refractivity contribution in [1.82, 2.24) is 4.98 Å². The molecule has 0 spiro atoms. The molecule has 1 aliphatic carbocycles. The van der Waals surface area contributed by atoms with E-state index >= 15 is 0 Å².